The zero-order chi connectivity index (χ0) is 17.8. The van der Waals surface area contributed by atoms with Crippen LogP contribution in [-0.4, -0.2) is 21.6 Å². The van der Waals surface area contributed by atoms with E-state index in [9.17, 15) is 4.79 Å². The second-order valence-electron chi connectivity index (χ2n) is 6.21. The van der Waals surface area contributed by atoms with Crippen LogP contribution in [0.3, 0.4) is 0 Å². The Morgan fingerprint density at radius 3 is 2.72 bits per heavy atom. The van der Waals surface area contributed by atoms with Gasteiger partial charge in [-0.05, 0) is 36.6 Å². The molecule has 0 aliphatic rings. The van der Waals surface area contributed by atoms with Crippen molar-refractivity contribution in [3.05, 3.63) is 59.9 Å². The number of aryl methyl sites for hydroxylation is 1. The molecule has 1 N–H and O–H groups in total. The fraction of sp³-hybridized carbons (Fsp3) is 0.250. The molecule has 0 radical (unpaired) electrons. The maximum absolute atomic E-state index is 12.3. The Kier molecular flexibility index (Phi) is 5.34. The van der Waals surface area contributed by atoms with Crippen LogP contribution in [0.1, 0.15) is 31.2 Å². The molecule has 128 valence electrons. The number of hydrogen-bond donors (Lipinski definition) is 1. The number of thioether (sulfide) groups is 1. The van der Waals surface area contributed by atoms with E-state index < -0.39 is 0 Å². The standard InChI is InChI=1S/C20H21N3OS/c1-13(2)15-7-6-8-16(11-15)23-19(24)12-25-20-17-9-4-5-10-18(17)21-14(3)22-20/h4-11,13H,12H2,1-3H3,(H,23,24). The summed E-state index contributed by atoms with van der Waals surface area (Å²) in [6.45, 7) is 6.15. The molecule has 0 unspecified atom stereocenters. The summed E-state index contributed by atoms with van der Waals surface area (Å²) in [6.07, 6.45) is 0. The molecule has 3 aromatic rings. The van der Waals surface area contributed by atoms with Crippen LogP contribution in [0.5, 0.6) is 0 Å². The molecule has 25 heavy (non-hydrogen) atoms. The Bertz CT molecular complexity index is 908. The van der Waals surface area contributed by atoms with Crippen LogP contribution in [0.15, 0.2) is 53.6 Å². The zero-order valence-corrected chi connectivity index (χ0v) is 15.4. The highest BCUT2D eigenvalue weighted by Crippen LogP contribution is 2.25. The molecule has 0 atom stereocenters. The number of aromatic nitrogens is 2. The van der Waals surface area contributed by atoms with Crippen LogP contribution < -0.4 is 5.32 Å². The number of nitrogens with zero attached hydrogens (tertiary/aromatic N) is 2. The molecule has 3 rings (SSSR count). The minimum atomic E-state index is -0.0359. The number of carbonyl (C=O) groups is 1. The average molecular weight is 351 g/mol. The van der Waals surface area contributed by atoms with E-state index in [-0.39, 0.29) is 5.91 Å². The second-order valence-corrected chi connectivity index (χ2v) is 7.17. The second kappa shape index (κ2) is 7.66. The number of benzene rings is 2. The van der Waals surface area contributed by atoms with Crippen LogP contribution in [0.2, 0.25) is 0 Å². The average Bonchev–Trinajstić information content (AvgIpc) is 2.59. The van der Waals surface area contributed by atoms with Crippen molar-refractivity contribution >= 4 is 34.3 Å². The van der Waals surface area contributed by atoms with Crippen molar-refractivity contribution in [3.8, 4) is 0 Å². The molecule has 0 bridgehead atoms. The first-order chi connectivity index (χ1) is 12.0. The number of nitrogens with one attached hydrogen (secondary N) is 1. The lowest BCUT2D eigenvalue weighted by Crippen LogP contribution is -2.14. The third-order valence-corrected chi connectivity index (χ3v) is 4.85. The van der Waals surface area contributed by atoms with Gasteiger partial charge >= 0.3 is 0 Å². The summed E-state index contributed by atoms with van der Waals surface area (Å²) in [5.74, 6) is 1.42. The zero-order valence-electron chi connectivity index (χ0n) is 14.6. The van der Waals surface area contributed by atoms with E-state index in [1.807, 2.05) is 49.4 Å². The van der Waals surface area contributed by atoms with Crippen molar-refractivity contribution in [1.29, 1.82) is 0 Å². The van der Waals surface area contributed by atoms with Gasteiger partial charge in [0.1, 0.15) is 10.9 Å². The van der Waals surface area contributed by atoms with Crippen molar-refractivity contribution in [2.24, 2.45) is 0 Å². The van der Waals surface area contributed by atoms with Gasteiger partial charge in [-0.3, -0.25) is 4.79 Å². The first-order valence-corrected chi connectivity index (χ1v) is 9.27. The molecule has 2 aromatic carbocycles. The number of hydrogen-bond acceptors (Lipinski definition) is 4. The molecule has 0 saturated heterocycles. The molecule has 0 saturated carbocycles. The lowest BCUT2D eigenvalue weighted by atomic mass is 10.0. The Labute approximate surface area is 152 Å². The van der Waals surface area contributed by atoms with E-state index in [4.69, 9.17) is 0 Å². The fourth-order valence-corrected chi connectivity index (χ4v) is 3.44. The first kappa shape index (κ1) is 17.4. The minimum Gasteiger partial charge on any atom is -0.325 e. The van der Waals surface area contributed by atoms with Crippen molar-refractivity contribution in [1.82, 2.24) is 9.97 Å². The molecule has 0 spiro atoms. The summed E-state index contributed by atoms with van der Waals surface area (Å²) in [6, 6.07) is 15.9. The molecular weight excluding hydrogens is 330 g/mol. The van der Waals surface area contributed by atoms with Gasteiger partial charge in [-0.2, -0.15) is 0 Å². The van der Waals surface area contributed by atoms with Gasteiger partial charge < -0.3 is 5.32 Å². The summed E-state index contributed by atoms with van der Waals surface area (Å²) < 4.78 is 0. The molecule has 1 amide bonds. The van der Waals surface area contributed by atoms with Crippen molar-refractivity contribution in [2.75, 3.05) is 11.1 Å². The highest BCUT2D eigenvalue weighted by Gasteiger charge is 2.10. The fourth-order valence-electron chi connectivity index (χ4n) is 2.58. The van der Waals surface area contributed by atoms with E-state index >= 15 is 0 Å². The van der Waals surface area contributed by atoms with Crippen LogP contribution in [0.25, 0.3) is 10.9 Å². The third-order valence-electron chi connectivity index (χ3n) is 3.86. The topological polar surface area (TPSA) is 54.9 Å². The summed E-state index contributed by atoms with van der Waals surface area (Å²) in [7, 11) is 0. The molecule has 5 heteroatoms. The maximum atomic E-state index is 12.3. The van der Waals surface area contributed by atoms with Gasteiger partial charge in [0.25, 0.3) is 0 Å². The number of rotatable bonds is 5. The molecular formula is C20H21N3OS. The van der Waals surface area contributed by atoms with Gasteiger partial charge in [-0.25, -0.2) is 9.97 Å². The van der Waals surface area contributed by atoms with Crippen molar-refractivity contribution < 1.29 is 4.79 Å². The largest absolute Gasteiger partial charge is 0.325 e. The molecule has 1 aromatic heterocycles. The van der Waals surface area contributed by atoms with Crippen LogP contribution in [0, 0.1) is 6.92 Å². The minimum absolute atomic E-state index is 0.0359. The number of carbonyl (C=O) groups excluding carboxylic acids is 1. The van der Waals surface area contributed by atoms with E-state index in [1.54, 1.807) is 0 Å². The van der Waals surface area contributed by atoms with Crippen LogP contribution >= 0.6 is 11.8 Å². The Morgan fingerprint density at radius 1 is 1.12 bits per heavy atom. The van der Waals surface area contributed by atoms with E-state index in [2.05, 4.69) is 35.2 Å². The van der Waals surface area contributed by atoms with Crippen LogP contribution in [-0.2, 0) is 4.79 Å². The maximum Gasteiger partial charge on any atom is 0.234 e. The third kappa shape index (κ3) is 4.37. The van der Waals surface area contributed by atoms with E-state index in [0.717, 1.165) is 21.6 Å². The summed E-state index contributed by atoms with van der Waals surface area (Å²) in [5, 5.41) is 4.79. The normalized spacial score (nSPS) is 11.0. The Morgan fingerprint density at radius 2 is 1.92 bits per heavy atom. The highest BCUT2D eigenvalue weighted by molar-refractivity contribution is 8.00. The Balaban J connectivity index is 1.70. The lowest BCUT2D eigenvalue weighted by molar-refractivity contribution is -0.113. The van der Waals surface area contributed by atoms with E-state index in [1.165, 1.54) is 17.3 Å². The van der Waals surface area contributed by atoms with Crippen LogP contribution in [0.4, 0.5) is 5.69 Å². The molecule has 0 fully saturated rings. The predicted molar refractivity (Wildman–Crippen MR) is 104 cm³/mol. The molecule has 4 nitrogen and oxygen atoms in total. The molecule has 1 heterocycles. The number of anilines is 1. The molecule has 0 aliphatic carbocycles. The number of fused-ring (bicyclic) bond motifs is 1. The summed E-state index contributed by atoms with van der Waals surface area (Å²) in [4.78, 5) is 21.2. The summed E-state index contributed by atoms with van der Waals surface area (Å²) in [5.41, 5.74) is 2.95. The number of para-hydroxylation sites is 1. The van der Waals surface area contributed by atoms with Gasteiger partial charge in [0, 0.05) is 11.1 Å². The lowest BCUT2D eigenvalue weighted by Gasteiger charge is -2.10. The SMILES string of the molecule is Cc1nc(SCC(=O)Nc2cccc(C(C)C)c2)c2ccccc2n1. The first-order valence-electron chi connectivity index (χ1n) is 8.29. The number of amides is 1. The van der Waals surface area contributed by atoms with Gasteiger partial charge in [0.15, 0.2) is 0 Å². The van der Waals surface area contributed by atoms with Gasteiger partial charge in [0.05, 0.1) is 11.3 Å². The van der Waals surface area contributed by atoms with E-state index in [0.29, 0.717) is 17.5 Å². The van der Waals surface area contributed by atoms with Gasteiger partial charge in [-0.1, -0.05) is 55.9 Å². The quantitative estimate of drug-likeness (QED) is 0.530. The van der Waals surface area contributed by atoms with Gasteiger partial charge in [-0.15, -0.1) is 0 Å². The molecule has 0 aliphatic heterocycles. The monoisotopic (exact) mass is 351 g/mol. The smallest absolute Gasteiger partial charge is 0.234 e. The summed E-state index contributed by atoms with van der Waals surface area (Å²) >= 11 is 1.44. The van der Waals surface area contributed by atoms with Crippen molar-refractivity contribution in [2.45, 2.75) is 31.7 Å². The highest BCUT2D eigenvalue weighted by atomic mass is 32.2. The van der Waals surface area contributed by atoms with Crippen molar-refractivity contribution in [3.63, 3.8) is 0 Å². The predicted octanol–water partition coefficient (Wildman–Crippen LogP) is 4.79. The van der Waals surface area contributed by atoms with Gasteiger partial charge in [0.2, 0.25) is 5.91 Å². The Hall–Kier alpha value is -2.40.